The molecule has 5 nitrogen and oxygen atoms in total. The minimum Gasteiger partial charge on any atom is -0.481 e. The van der Waals surface area contributed by atoms with Gasteiger partial charge in [-0.3, -0.25) is 9.59 Å². The average molecular weight is 272 g/mol. The van der Waals surface area contributed by atoms with Crippen molar-refractivity contribution < 1.29 is 14.7 Å². The molecule has 0 saturated heterocycles. The Morgan fingerprint density at radius 3 is 2.44 bits per heavy atom. The van der Waals surface area contributed by atoms with Crippen molar-refractivity contribution in [3.8, 4) is 0 Å². The smallest absolute Gasteiger partial charge is 0.303 e. The summed E-state index contributed by atoms with van der Waals surface area (Å²) in [4.78, 5) is 21.6. The molecule has 102 valence electrons. The molecule has 0 aromatic carbocycles. The van der Waals surface area contributed by atoms with E-state index < -0.39 is 5.97 Å². The number of carboxylic acid groups (broad SMARTS) is 1. The highest BCUT2D eigenvalue weighted by molar-refractivity contribution is 7.80. The summed E-state index contributed by atoms with van der Waals surface area (Å²) in [5.41, 5.74) is 0. The fraction of sp³-hybridized carbons (Fsp3) is 0.750. The minimum absolute atomic E-state index is 0.0500. The first kappa shape index (κ1) is 14.9. The van der Waals surface area contributed by atoms with E-state index in [0.29, 0.717) is 11.2 Å². The minimum atomic E-state index is -0.953. The molecule has 0 bridgehead atoms. The first-order valence-electron chi connectivity index (χ1n) is 6.36. The Balaban J connectivity index is 2.12. The second kappa shape index (κ2) is 8.02. The number of carbonyl (C=O) groups is 2. The Hall–Kier alpha value is -1.17. The van der Waals surface area contributed by atoms with E-state index in [9.17, 15) is 9.59 Å². The summed E-state index contributed by atoms with van der Waals surface area (Å²) in [6.07, 6.45) is 5.89. The van der Waals surface area contributed by atoms with Gasteiger partial charge in [0.2, 0.25) is 0 Å². The number of carboxylic acids is 1. The van der Waals surface area contributed by atoms with Crippen LogP contribution >= 0.6 is 12.2 Å². The van der Waals surface area contributed by atoms with Gasteiger partial charge in [0, 0.05) is 12.5 Å². The molecule has 0 unspecified atom stereocenters. The van der Waals surface area contributed by atoms with E-state index in [-0.39, 0.29) is 25.2 Å². The van der Waals surface area contributed by atoms with Crippen LogP contribution in [0.25, 0.3) is 0 Å². The van der Waals surface area contributed by atoms with Crippen LogP contribution in [0.3, 0.4) is 0 Å². The fourth-order valence-corrected chi connectivity index (χ4v) is 2.24. The van der Waals surface area contributed by atoms with Gasteiger partial charge in [-0.15, -0.1) is 0 Å². The van der Waals surface area contributed by atoms with Crippen molar-refractivity contribution in [2.75, 3.05) is 6.54 Å². The molecular formula is C12H20N2O3S. The van der Waals surface area contributed by atoms with E-state index in [1.165, 1.54) is 19.3 Å². The summed E-state index contributed by atoms with van der Waals surface area (Å²) in [6.45, 7) is 0.103. The molecule has 0 heterocycles. The molecule has 1 aliphatic rings. The molecule has 1 rings (SSSR count). The molecule has 3 N–H and O–H groups in total. The van der Waals surface area contributed by atoms with Crippen molar-refractivity contribution in [3.63, 3.8) is 0 Å². The number of ketones is 1. The van der Waals surface area contributed by atoms with Gasteiger partial charge in [0.1, 0.15) is 0 Å². The highest BCUT2D eigenvalue weighted by Crippen LogP contribution is 2.17. The number of Topliss-reactive ketones (excluding diaryl/α,β-unsaturated/α-hetero) is 1. The predicted octanol–water partition coefficient (Wildman–Crippen LogP) is 1.22. The van der Waals surface area contributed by atoms with E-state index in [0.717, 1.165) is 12.8 Å². The third kappa shape index (κ3) is 6.54. The molecule has 0 aromatic rings. The predicted molar refractivity (Wildman–Crippen MR) is 72.5 cm³/mol. The standard InChI is InChI=1S/C12H20N2O3S/c15-10(6-7-11(16)17)8-13-12(18)14-9-4-2-1-3-5-9/h9H,1-8H2,(H,16,17)(H2,13,14,18). The zero-order valence-corrected chi connectivity index (χ0v) is 11.2. The number of rotatable bonds is 6. The van der Waals surface area contributed by atoms with E-state index in [4.69, 9.17) is 17.3 Å². The van der Waals surface area contributed by atoms with Crippen LogP contribution in [0.4, 0.5) is 0 Å². The maximum absolute atomic E-state index is 11.3. The SMILES string of the molecule is O=C(O)CCC(=O)CNC(=S)NC1CCCCC1. The summed E-state index contributed by atoms with van der Waals surface area (Å²) in [5, 5.41) is 15.0. The molecule has 1 saturated carbocycles. The zero-order valence-electron chi connectivity index (χ0n) is 10.4. The monoisotopic (exact) mass is 272 g/mol. The van der Waals surface area contributed by atoms with E-state index >= 15 is 0 Å². The molecule has 0 spiro atoms. The van der Waals surface area contributed by atoms with Gasteiger partial charge >= 0.3 is 5.97 Å². The summed E-state index contributed by atoms with van der Waals surface area (Å²) < 4.78 is 0. The van der Waals surface area contributed by atoms with Gasteiger partial charge in [0.25, 0.3) is 0 Å². The summed E-state index contributed by atoms with van der Waals surface area (Å²) in [7, 11) is 0. The summed E-state index contributed by atoms with van der Waals surface area (Å²) in [6, 6.07) is 0.410. The number of hydrogen-bond acceptors (Lipinski definition) is 3. The highest BCUT2D eigenvalue weighted by atomic mass is 32.1. The van der Waals surface area contributed by atoms with Crippen molar-refractivity contribution in [2.24, 2.45) is 0 Å². The Kier molecular flexibility index (Phi) is 6.64. The second-order valence-electron chi connectivity index (χ2n) is 4.59. The molecule has 0 amide bonds. The number of aliphatic carboxylic acids is 1. The van der Waals surface area contributed by atoms with Gasteiger partial charge in [0.05, 0.1) is 13.0 Å². The lowest BCUT2D eigenvalue weighted by Gasteiger charge is -2.24. The molecule has 1 fully saturated rings. The Morgan fingerprint density at radius 1 is 1.17 bits per heavy atom. The van der Waals surface area contributed by atoms with Crippen LogP contribution in [-0.4, -0.2) is 34.6 Å². The lowest BCUT2D eigenvalue weighted by molar-refractivity contribution is -0.138. The normalized spacial score (nSPS) is 16.0. The van der Waals surface area contributed by atoms with E-state index in [1.807, 2.05) is 0 Å². The molecule has 0 aromatic heterocycles. The van der Waals surface area contributed by atoms with Gasteiger partial charge in [-0.05, 0) is 25.1 Å². The number of carbonyl (C=O) groups excluding carboxylic acids is 1. The Morgan fingerprint density at radius 2 is 1.83 bits per heavy atom. The van der Waals surface area contributed by atoms with Gasteiger partial charge in [-0.25, -0.2) is 0 Å². The highest BCUT2D eigenvalue weighted by Gasteiger charge is 2.14. The maximum Gasteiger partial charge on any atom is 0.303 e. The Bertz CT molecular complexity index is 314. The van der Waals surface area contributed by atoms with Crippen LogP contribution in [-0.2, 0) is 9.59 Å². The molecule has 1 aliphatic carbocycles. The third-order valence-corrected chi connectivity index (χ3v) is 3.27. The maximum atomic E-state index is 11.3. The summed E-state index contributed by atoms with van der Waals surface area (Å²) in [5.74, 6) is -1.09. The lowest BCUT2D eigenvalue weighted by Crippen LogP contribution is -2.44. The number of thiocarbonyl (C=S) groups is 1. The van der Waals surface area contributed by atoms with E-state index in [1.54, 1.807) is 0 Å². The van der Waals surface area contributed by atoms with Crippen LogP contribution in [0.1, 0.15) is 44.9 Å². The molecule has 18 heavy (non-hydrogen) atoms. The first-order valence-corrected chi connectivity index (χ1v) is 6.76. The largest absolute Gasteiger partial charge is 0.481 e. The van der Waals surface area contributed by atoms with Gasteiger partial charge in [0.15, 0.2) is 10.9 Å². The van der Waals surface area contributed by atoms with Crippen molar-refractivity contribution in [2.45, 2.75) is 51.0 Å². The van der Waals surface area contributed by atoms with E-state index in [2.05, 4.69) is 10.6 Å². The van der Waals surface area contributed by atoms with Crippen molar-refractivity contribution >= 4 is 29.1 Å². The van der Waals surface area contributed by atoms with Gasteiger partial charge in [-0.1, -0.05) is 19.3 Å². The van der Waals surface area contributed by atoms with Crippen LogP contribution < -0.4 is 10.6 Å². The third-order valence-electron chi connectivity index (χ3n) is 3.00. The second-order valence-corrected chi connectivity index (χ2v) is 5.00. The van der Waals surface area contributed by atoms with Crippen molar-refractivity contribution in [1.29, 1.82) is 0 Å². The molecule has 6 heteroatoms. The topological polar surface area (TPSA) is 78.4 Å². The van der Waals surface area contributed by atoms with Gasteiger partial charge < -0.3 is 15.7 Å². The van der Waals surface area contributed by atoms with Crippen LogP contribution in [0.15, 0.2) is 0 Å². The average Bonchev–Trinajstić information content (AvgIpc) is 2.35. The van der Waals surface area contributed by atoms with Crippen LogP contribution in [0.2, 0.25) is 0 Å². The molecular weight excluding hydrogens is 252 g/mol. The van der Waals surface area contributed by atoms with Crippen LogP contribution in [0, 0.1) is 0 Å². The molecule has 0 atom stereocenters. The van der Waals surface area contributed by atoms with Crippen molar-refractivity contribution in [1.82, 2.24) is 10.6 Å². The number of hydrogen-bond donors (Lipinski definition) is 3. The van der Waals surface area contributed by atoms with Crippen LogP contribution in [0.5, 0.6) is 0 Å². The van der Waals surface area contributed by atoms with Crippen molar-refractivity contribution in [3.05, 3.63) is 0 Å². The Labute approximate surface area is 112 Å². The zero-order chi connectivity index (χ0) is 13.4. The molecule has 0 aliphatic heterocycles. The molecule has 0 radical (unpaired) electrons. The summed E-state index contributed by atoms with van der Waals surface area (Å²) >= 11 is 5.10. The first-order chi connectivity index (χ1) is 8.58. The fourth-order valence-electron chi connectivity index (χ4n) is 2.00. The number of nitrogens with one attached hydrogen (secondary N) is 2. The van der Waals surface area contributed by atoms with Gasteiger partial charge in [-0.2, -0.15) is 0 Å². The quantitative estimate of drug-likeness (QED) is 0.631. The lowest BCUT2D eigenvalue weighted by atomic mass is 9.96.